The second kappa shape index (κ2) is 10.7. The Hall–Kier alpha value is -2.84. The molecular weight excluding hydrogens is 498 g/mol. The van der Waals surface area contributed by atoms with Crippen molar-refractivity contribution < 1.29 is 4.79 Å². The van der Waals surface area contributed by atoms with Crippen LogP contribution in [0.25, 0.3) is 0 Å². The highest BCUT2D eigenvalue weighted by Gasteiger charge is 2.35. The number of amides is 1. The molecule has 1 amide bonds. The molecule has 0 spiro atoms. The Bertz CT molecular complexity index is 1250. The molecule has 0 bridgehead atoms. The fourth-order valence-corrected chi connectivity index (χ4v) is 6.28. The minimum Gasteiger partial charge on any atom is -0.352 e. The lowest BCUT2D eigenvalue weighted by atomic mass is 9.97. The van der Waals surface area contributed by atoms with Gasteiger partial charge in [-0.1, -0.05) is 18.5 Å². The van der Waals surface area contributed by atoms with Crippen molar-refractivity contribution in [2.24, 2.45) is 16.1 Å². The molecule has 200 valence electrons. The summed E-state index contributed by atoms with van der Waals surface area (Å²) in [5.74, 6) is 1.73. The predicted octanol–water partition coefficient (Wildman–Crippen LogP) is 4.60. The number of benzene rings is 1. The van der Waals surface area contributed by atoms with Gasteiger partial charge in [-0.3, -0.25) is 9.69 Å². The molecule has 1 aromatic carbocycles. The summed E-state index contributed by atoms with van der Waals surface area (Å²) in [4.78, 5) is 29.8. The van der Waals surface area contributed by atoms with Crippen molar-refractivity contribution in [1.82, 2.24) is 19.8 Å². The number of nitrogens with zero attached hydrogens (tertiary/aromatic N) is 7. The maximum Gasteiger partial charge on any atom is 0.253 e. The molecule has 0 N–H and O–H groups in total. The van der Waals surface area contributed by atoms with Crippen LogP contribution in [0.5, 0.6) is 0 Å². The van der Waals surface area contributed by atoms with Gasteiger partial charge < -0.3 is 9.80 Å². The first-order valence-corrected chi connectivity index (χ1v) is 14.4. The highest BCUT2D eigenvalue weighted by Crippen LogP contribution is 2.34. The van der Waals surface area contributed by atoms with Crippen LogP contribution in [0.4, 0.5) is 5.82 Å². The van der Waals surface area contributed by atoms with E-state index in [4.69, 9.17) is 21.6 Å². The number of halogens is 1. The van der Waals surface area contributed by atoms with Crippen LogP contribution in [0.2, 0.25) is 5.02 Å². The third kappa shape index (κ3) is 5.21. The Morgan fingerprint density at radius 2 is 1.79 bits per heavy atom. The minimum atomic E-state index is 0.105. The number of aryl methyl sites for hydroxylation is 1. The SMILES string of the molecule is CC[C@H]1CN(c2ncc(C3=NN=C(C4CC4)C3)nc2C)CCN1C1CCN(C(=O)c2ccc(Cl)cc2)CC1. The minimum absolute atomic E-state index is 0.105. The van der Waals surface area contributed by atoms with Gasteiger partial charge in [0.25, 0.3) is 5.91 Å². The number of aromatic nitrogens is 2. The van der Waals surface area contributed by atoms with Gasteiger partial charge in [0, 0.05) is 67.5 Å². The van der Waals surface area contributed by atoms with Crippen molar-refractivity contribution in [2.45, 2.75) is 64.5 Å². The molecule has 0 unspecified atom stereocenters. The predicted molar refractivity (Wildman–Crippen MR) is 151 cm³/mol. The van der Waals surface area contributed by atoms with E-state index in [1.807, 2.05) is 23.2 Å². The number of carbonyl (C=O) groups is 1. The molecule has 3 fully saturated rings. The lowest BCUT2D eigenvalue weighted by Gasteiger charge is -2.47. The van der Waals surface area contributed by atoms with Crippen LogP contribution in [0.3, 0.4) is 0 Å². The quantitative estimate of drug-likeness (QED) is 0.542. The number of carbonyl (C=O) groups excluding carboxylic acids is 1. The van der Waals surface area contributed by atoms with Crippen LogP contribution in [0.1, 0.15) is 67.2 Å². The zero-order valence-corrected chi connectivity index (χ0v) is 23.1. The molecule has 1 aliphatic carbocycles. The summed E-state index contributed by atoms with van der Waals surface area (Å²) < 4.78 is 0. The van der Waals surface area contributed by atoms with Gasteiger partial charge in [0.05, 0.1) is 17.6 Å². The van der Waals surface area contributed by atoms with Gasteiger partial charge in [0.1, 0.15) is 11.5 Å². The number of piperazine rings is 1. The Morgan fingerprint density at radius 1 is 1.03 bits per heavy atom. The van der Waals surface area contributed by atoms with Crippen LogP contribution in [-0.2, 0) is 0 Å². The molecule has 3 aliphatic heterocycles. The van der Waals surface area contributed by atoms with Crippen LogP contribution >= 0.6 is 11.6 Å². The van der Waals surface area contributed by atoms with Crippen molar-refractivity contribution in [3.05, 3.63) is 52.4 Å². The van der Waals surface area contributed by atoms with Gasteiger partial charge in [-0.2, -0.15) is 10.2 Å². The maximum absolute atomic E-state index is 12.9. The van der Waals surface area contributed by atoms with Gasteiger partial charge in [-0.05, 0) is 69.2 Å². The van der Waals surface area contributed by atoms with E-state index in [-0.39, 0.29) is 5.91 Å². The summed E-state index contributed by atoms with van der Waals surface area (Å²) in [5.41, 5.74) is 4.70. The van der Waals surface area contributed by atoms with E-state index in [1.54, 1.807) is 12.1 Å². The van der Waals surface area contributed by atoms with Crippen LogP contribution in [0, 0.1) is 12.8 Å². The third-order valence-corrected chi connectivity index (χ3v) is 8.78. The van der Waals surface area contributed by atoms with Crippen molar-refractivity contribution in [3.63, 3.8) is 0 Å². The van der Waals surface area contributed by atoms with E-state index in [0.29, 0.717) is 28.6 Å². The van der Waals surface area contributed by atoms with E-state index in [0.717, 1.165) is 81.3 Å². The van der Waals surface area contributed by atoms with E-state index < -0.39 is 0 Å². The van der Waals surface area contributed by atoms with Crippen molar-refractivity contribution >= 4 is 34.7 Å². The van der Waals surface area contributed by atoms with Crippen LogP contribution < -0.4 is 4.90 Å². The number of likely N-dealkylation sites (tertiary alicyclic amines) is 1. The van der Waals surface area contributed by atoms with Crippen molar-refractivity contribution in [1.29, 1.82) is 0 Å². The Morgan fingerprint density at radius 3 is 2.47 bits per heavy atom. The molecule has 6 rings (SSSR count). The van der Waals surface area contributed by atoms with Gasteiger partial charge in [-0.25, -0.2) is 9.97 Å². The van der Waals surface area contributed by atoms with Crippen LogP contribution in [-0.4, -0.2) is 81.9 Å². The average molecular weight is 534 g/mol. The molecule has 2 aromatic rings. The molecule has 8 nitrogen and oxygen atoms in total. The fourth-order valence-electron chi connectivity index (χ4n) is 6.16. The molecule has 4 aliphatic rings. The van der Waals surface area contributed by atoms with E-state index in [1.165, 1.54) is 18.6 Å². The zero-order chi connectivity index (χ0) is 26.2. The Labute approximate surface area is 229 Å². The molecule has 1 atom stereocenters. The maximum atomic E-state index is 12.9. The average Bonchev–Trinajstić information content (AvgIpc) is 3.69. The Balaban J connectivity index is 1.05. The number of hydrogen-bond acceptors (Lipinski definition) is 7. The third-order valence-electron chi connectivity index (χ3n) is 8.52. The molecule has 9 heteroatoms. The second-order valence-electron chi connectivity index (χ2n) is 11.0. The second-order valence-corrected chi connectivity index (χ2v) is 11.5. The standard InChI is InChI=1S/C29H36ClN7O/c1-3-23-18-36(28-19(2)32-27(17-31-28)26-16-25(33-34-26)20-4-5-20)14-15-37(23)24-10-12-35(13-11-24)29(38)21-6-8-22(30)9-7-21/h6-9,17,20,23-24H,3-5,10-16,18H2,1-2H3/t23-/m0/s1. The number of anilines is 1. The first kappa shape index (κ1) is 25.4. The zero-order valence-electron chi connectivity index (χ0n) is 22.3. The molecule has 4 heterocycles. The van der Waals surface area contributed by atoms with E-state index in [2.05, 4.69) is 33.9 Å². The summed E-state index contributed by atoms with van der Waals surface area (Å²) in [7, 11) is 0. The molecule has 0 radical (unpaired) electrons. The fraction of sp³-hybridized carbons (Fsp3) is 0.552. The van der Waals surface area contributed by atoms with Crippen LogP contribution in [0.15, 0.2) is 40.7 Å². The van der Waals surface area contributed by atoms with Gasteiger partial charge in [0.15, 0.2) is 0 Å². The number of piperidine rings is 1. The summed E-state index contributed by atoms with van der Waals surface area (Å²) in [6, 6.07) is 8.18. The number of hydrogen-bond donors (Lipinski definition) is 0. The van der Waals surface area contributed by atoms with Gasteiger partial charge in [0.2, 0.25) is 0 Å². The monoisotopic (exact) mass is 533 g/mol. The largest absolute Gasteiger partial charge is 0.352 e. The Kier molecular flexibility index (Phi) is 7.18. The lowest BCUT2D eigenvalue weighted by Crippen LogP contribution is -2.59. The summed E-state index contributed by atoms with van der Waals surface area (Å²) in [5, 5.41) is 9.46. The van der Waals surface area contributed by atoms with Gasteiger partial charge >= 0.3 is 0 Å². The first-order valence-electron chi connectivity index (χ1n) is 14.0. The topological polar surface area (TPSA) is 77.3 Å². The number of rotatable bonds is 6. The van der Waals surface area contributed by atoms with E-state index >= 15 is 0 Å². The van der Waals surface area contributed by atoms with E-state index in [9.17, 15) is 4.79 Å². The summed E-state index contributed by atoms with van der Waals surface area (Å²) in [6.45, 7) is 8.82. The molecule has 1 aromatic heterocycles. The summed E-state index contributed by atoms with van der Waals surface area (Å²) >= 11 is 5.99. The lowest BCUT2D eigenvalue weighted by molar-refractivity contribution is 0.0490. The smallest absolute Gasteiger partial charge is 0.253 e. The first-order chi connectivity index (χ1) is 18.5. The molecule has 1 saturated carbocycles. The molecule has 2 saturated heterocycles. The highest BCUT2D eigenvalue weighted by atomic mass is 35.5. The molecular formula is C29H36ClN7O. The molecule has 38 heavy (non-hydrogen) atoms. The summed E-state index contributed by atoms with van der Waals surface area (Å²) in [6.07, 6.45) is 8.30. The van der Waals surface area contributed by atoms with Crippen molar-refractivity contribution in [2.75, 3.05) is 37.6 Å². The van der Waals surface area contributed by atoms with Crippen molar-refractivity contribution in [3.8, 4) is 0 Å². The highest BCUT2D eigenvalue weighted by molar-refractivity contribution is 6.30. The normalized spacial score (nSPS) is 23.0. The van der Waals surface area contributed by atoms with Gasteiger partial charge in [-0.15, -0.1) is 0 Å².